The third-order valence-corrected chi connectivity index (χ3v) is 7.76. The van der Waals surface area contributed by atoms with Crippen LogP contribution in [-0.4, -0.2) is 58.8 Å². The number of H-pyrrole nitrogens is 1. The van der Waals surface area contributed by atoms with Crippen LogP contribution in [0.4, 0.5) is 10.2 Å². The number of alkyl halides is 1. The van der Waals surface area contributed by atoms with E-state index >= 15 is 0 Å². The highest BCUT2D eigenvalue weighted by Gasteiger charge is 2.71. The lowest BCUT2D eigenvalue weighted by Gasteiger charge is -2.70. The molecule has 0 radical (unpaired) electrons. The van der Waals surface area contributed by atoms with Crippen LogP contribution < -0.4 is 4.72 Å². The quantitative estimate of drug-likeness (QED) is 0.732. The first-order valence-corrected chi connectivity index (χ1v) is 10.3. The van der Waals surface area contributed by atoms with E-state index in [2.05, 4.69) is 31.0 Å². The van der Waals surface area contributed by atoms with Crippen LogP contribution in [0.2, 0.25) is 0 Å². The van der Waals surface area contributed by atoms with Gasteiger partial charge in [0.1, 0.15) is 12.0 Å². The van der Waals surface area contributed by atoms with Gasteiger partial charge in [-0.05, 0) is 39.0 Å². The zero-order valence-corrected chi connectivity index (χ0v) is 15.8. The Bertz CT molecular complexity index is 1020. The summed E-state index contributed by atoms with van der Waals surface area (Å²) in [5.41, 5.74) is 2.26. The first kappa shape index (κ1) is 17.1. The highest BCUT2D eigenvalue weighted by molar-refractivity contribution is 7.87. The van der Waals surface area contributed by atoms with Gasteiger partial charge in [0.05, 0.1) is 23.3 Å². The molecule has 6 rings (SSSR count). The molecule has 27 heavy (non-hydrogen) atoms. The van der Waals surface area contributed by atoms with E-state index in [1.165, 1.54) is 4.31 Å². The van der Waals surface area contributed by atoms with Gasteiger partial charge in [-0.25, -0.2) is 14.4 Å². The first-order valence-electron chi connectivity index (χ1n) is 8.90. The smallest absolute Gasteiger partial charge is 0.280 e. The number of aromatic nitrogens is 3. The number of aliphatic imine (C=N–C) groups is 1. The minimum Gasteiger partial charge on any atom is -0.346 e. The molecule has 2 bridgehead atoms. The molecule has 2 N–H and O–H groups in total. The molecule has 1 saturated heterocycles. The zero-order valence-electron chi connectivity index (χ0n) is 14.9. The number of imidazole rings is 1. The standard InChI is InChI=1S/C17H21FN6O2S/c1-11-14(13-3-4-20-15(13)19-2)24(10-21-11)17-7-16(8-17,9-17)22-27(25,26)23-5-12(18)6-23/h3-4,10,12,20,22H,2,5-9H2,1H3. The van der Waals surface area contributed by atoms with Crippen LogP contribution in [0.3, 0.4) is 0 Å². The molecule has 3 heterocycles. The predicted molar refractivity (Wildman–Crippen MR) is 99.0 cm³/mol. The molecule has 144 valence electrons. The number of aromatic amines is 1. The van der Waals surface area contributed by atoms with Crippen molar-refractivity contribution in [3.63, 3.8) is 0 Å². The summed E-state index contributed by atoms with van der Waals surface area (Å²) in [7, 11) is -3.61. The lowest BCUT2D eigenvalue weighted by atomic mass is 9.44. The second-order valence-electron chi connectivity index (χ2n) is 8.00. The SMILES string of the molecule is C=Nc1[nH]ccc1-c1c(C)ncn1C12CC(NS(=O)(=O)N3CC(F)C3)(C1)C2. The predicted octanol–water partition coefficient (Wildman–Crippen LogP) is 1.64. The average molecular weight is 392 g/mol. The molecular formula is C17H21FN6O2S. The highest BCUT2D eigenvalue weighted by Crippen LogP contribution is 2.66. The summed E-state index contributed by atoms with van der Waals surface area (Å²) < 4.78 is 43.9. The summed E-state index contributed by atoms with van der Waals surface area (Å²) in [6.07, 6.45) is 4.71. The van der Waals surface area contributed by atoms with Crippen molar-refractivity contribution in [3.05, 3.63) is 24.3 Å². The van der Waals surface area contributed by atoms with E-state index in [1.54, 1.807) is 0 Å². The number of nitrogens with zero attached hydrogens (tertiary/aromatic N) is 4. The van der Waals surface area contributed by atoms with Crippen molar-refractivity contribution in [2.24, 2.45) is 4.99 Å². The molecule has 4 fully saturated rings. The summed E-state index contributed by atoms with van der Waals surface area (Å²) in [6, 6.07) is 1.95. The molecule has 10 heteroatoms. The number of nitrogens with one attached hydrogen (secondary N) is 2. The minimum absolute atomic E-state index is 0.0494. The second kappa shape index (κ2) is 5.27. The Balaban J connectivity index is 1.37. The van der Waals surface area contributed by atoms with Gasteiger partial charge in [0.25, 0.3) is 10.2 Å². The van der Waals surface area contributed by atoms with Crippen molar-refractivity contribution in [3.8, 4) is 11.3 Å². The van der Waals surface area contributed by atoms with E-state index in [1.807, 2.05) is 25.5 Å². The summed E-state index contributed by atoms with van der Waals surface area (Å²) in [4.78, 5) is 11.6. The van der Waals surface area contributed by atoms with Gasteiger partial charge in [-0.15, -0.1) is 0 Å². The van der Waals surface area contributed by atoms with E-state index in [0.29, 0.717) is 25.1 Å². The van der Waals surface area contributed by atoms with Gasteiger partial charge in [0.15, 0.2) is 0 Å². The minimum atomic E-state index is -3.61. The first-order chi connectivity index (χ1) is 12.8. The molecule has 0 aromatic carbocycles. The fraction of sp³-hybridized carbons (Fsp3) is 0.529. The molecule has 2 aromatic rings. The lowest BCUT2D eigenvalue weighted by molar-refractivity contribution is -0.125. The van der Waals surface area contributed by atoms with Crippen molar-refractivity contribution in [1.29, 1.82) is 0 Å². The number of hydrogen-bond acceptors (Lipinski definition) is 4. The normalized spacial score (nSPS) is 30.4. The summed E-state index contributed by atoms with van der Waals surface area (Å²) in [6.45, 7) is 5.46. The molecule has 2 aromatic heterocycles. The molecule has 0 atom stereocenters. The van der Waals surface area contributed by atoms with Crippen LogP contribution >= 0.6 is 0 Å². The maximum absolute atomic E-state index is 13.0. The van der Waals surface area contributed by atoms with Crippen molar-refractivity contribution in [1.82, 2.24) is 23.6 Å². The van der Waals surface area contributed by atoms with E-state index in [4.69, 9.17) is 0 Å². The van der Waals surface area contributed by atoms with Gasteiger partial charge >= 0.3 is 0 Å². The fourth-order valence-corrected chi connectivity index (χ4v) is 6.43. The zero-order chi connectivity index (χ0) is 19.0. The number of hydrogen-bond donors (Lipinski definition) is 2. The summed E-state index contributed by atoms with van der Waals surface area (Å²) in [5, 5.41) is 0. The van der Waals surface area contributed by atoms with Crippen LogP contribution in [0.25, 0.3) is 11.3 Å². The molecule has 3 aliphatic carbocycles. The van der Waals surface area contributed by atoms with Crippen LogP contribution in [0.15, 0.2) is 23.6 Å². The number of rotatable bonds is 6. The molecule has 3 saturated carbocycles. The Labute approximate surface area is 156 Å². The van der Waals surface area contributed by atoms with Crippen molar-refractivity contribution in [2.75, 3.05) is 13.1 Å². The van der Waals surface area contributed by atoms with Gasteiger partial charge in [0.2, 0.25) is 0 Å². The molecule has 0 unspecified atom stereocenters. The van der Waals surface area contributed by atoms with E-state index in [0.717, 1.165) is 17.0 Å². The molecule has 8 nitrogen and oxygen atoms in total. The Morgan fingerprint density at radius 1 is 1.41 bits per heavy atom. The molecule has 1 aliphatic heterocycles. The molecule has 0 amide bonds. The third-order valence-electron chi connectivity index (χ3n) is 6.09. The van der Waals surface area contributed by atoms with Crippen molar-refractivity contribution < 1.29 is 12.8 Å². The Morgan fingerprint density at radius 2 is 2.11 bits per heavy atom. The number of halogens is 1. The van der Waals surface area contributed by atoms with Gasteiger partial charge < -0.3 is 9.55 Å². The van der Waals surface area contributed by atoms with Gasteiger partial charge in [-0.1, -0.05) is 0 Å². The van der Waals surface area contributed by atoms with Crippen LogP contribution in [0, 0.1) is 6.92 Å². The highest BCUT2D eigenvalue weighted by atomic mass is 32.2. The van der Waals surface area contributed by atoms with E-state index in [9.17, 15) is 12.8 Å². The Hall–Kier alpha value is -2.04. The average Bonchev–Trinajstić information content (AvgIpc) is 3.12. The summed E-state index contributed by atoms with van der Waals surface area (Å²) in [5.74, 6) is 0.695. The van der Waals surface area contributed by atoms with E-state index in [-0.39, 0.29) is 18.6 Å². The van der Waals surface area contributed by atoms with Crippen LogP contribution in [-0.2, 0) is 15.7 Å². The molecular weight excluding hydrogens is 371 g/mol. The topological polar surface area (TPSA) is 95.4 Å². The number of aryl methyl sites for hydroxylation is 1. The van der Waals surface area contributed by atoms with Gasteiger partial charge in [0, 0.05) is 30.4 Å². The van der Waals surface area contributed by atoms with Crippen molar-refractivity contribution in [2.45, 2.75) is 43.4 Å². The largest absolute Gasteiger partial charge is 0.346 e. The second-order valence-corrected chi connectivity index (χ2v) is 9.67. The van der Waals surface area contributed by atoms with Crippen molar-refractivity contribution >= 4 is 22.7 Å². The Morgan fingerprint density at radius 3 is 2.74 bits per heavy atom. The van der Waals surface area contributed by atoms with Crippen LogP contribution in [0.5, 0.6) is 0 Å². The maximum Gasteiger partial charge on any atom is 0.280 e. The van der Waals surface area contributed by atoms with Gasteiger partial charge in [-0.3, -0.25) is 0 Å². The van der Waals surface area contributed by atoms with Crippen LogP contribution in [0.1, 0.15) is 25.0 Å². The fourth-order valence-electron chi connectivity index (χ4n) is 4.83. The van der Waals surface area contributed by atoms with E-state index < -0.39 is 21.9 Å². The monoisotopic (exact) mass is 392 g/mol. The third kappa shape index (κ3) is 2.29. The van der Waals surface area contributed by atoms with Gasteiger partial charge in [-0.2, -0.15) is 17.4 Å². The lowest BCUT2D eigenvalue weighted by Crippen LogP contribution is -2.79. The molecule has 0 spiro atoms. The Kier molecular flexibility index (Phi) is 3.33. The summed E-state index contributed by atoms with van der Waals surface area (Å²) >= 11 is 0. The molecule has 4 aliphatic rings. The maximum atomic E-state index is 13.0.